The average molecular weight is 264 g/mol. The molecule has 0 amide bonds. The van der Waals surface area contributed by atoms with Crippen molar-refractivity contribution < 1.29 is 4.39 Å². The van der Waals surface area contributed by atoms with Crippen molar-refractivity contribution in [2.75, 3.05) is 17.6 Å². The zero-order chi connectivity index (χ0) is 13.9. The highest BCUT2D eigenvalue weighted by molar-refractivity contribution is 5.65. The first-order valence-corrected chi connectivity index (χ1v) is 7.28. The fraction of sp³-hybridized carbons (Fsp3) is 0.625. The number of halogens is 1. The molecule has 0 spiro atoms. The average Bonchev–Trinajstić information content (AvgIpc) is 2.41. The lowest BCUT2D eigenvalue weighted by Crippen LogP contribution is -2.33. The molecule has 1 aromatic carbocycles. The number of nitrogen functional groups attached to an aromatic ring is 1. The normalized spacial score (nSPS) is 17.4. The van der Waals surface area contributed by atoms with Crippen molar-refractivity contribution >= 4 is 11.4 Å². The molecule has 0 aromatic heterocycles. The van der Waals surface area contributed by atoms with E-state index in [1.54, 1.807) is 6.07 Å². The molecule has 0 unspecified atom stereocenters. The molecule has 2 rings (SSSR count). The molecule has 0 radical (unpaired) electrons. The maximum Gasteiger partial charge on any atom is 0.125 e. The lowest BCUT2D eigenvalue weighted by Gasteiger charge is -2.37. The van der Waals surface area contributed by atoms with Crippen molar-refractivity contribution in [2.24, 2.45) is 11.3 Å². The van der Waals surface area contributed by atoms with Crippen LogP contribution in [0.2, 0.25) is 0 Å². The van der Waals surface area contributed by atoms with E-state index < -0.39 is 0 Å². The Labute approximate surface area is 115 Å². The van der Waals surface area contributed by atoms with Gasteiger partial charge in [-0.3, -0.25) is 0 Å². The Kier molecular flexibility index (Phi) is 4.33. The summed E-state index contributed by atoms with van der Waals surface area (Å²) in [6, 6.07) is 4.49. The van der Waals surface area contributed by atoms with Crippen molar-refractivity contribution in [2.45, 2.75) is 46.0 Å². The van der Waals surface area contributed by atoms with Gasteiger partial charge in [-0.2, -0.15) is 0 Å². The molecule has 0 heterocycles. The Bertz CT molecular complexity index is 423. The number of nitrogens with two attached hydrogens (primary N) is 1. The van der Waals surface area contributed by atoms with Crippen molar-refractivity contribution in [1.82, 2.24) is 0 Å². The maximum absolute atomic E-state index is 13.2. The third-order valence-corrected chi connectivity index (χ3v) is 4.46. The Morgan fingerprint density at radius 2 is 1.95 bits per heavy atom. The summed E-state index contributed by atoms with van der Waals surface area (Å²) in [6.07, 6.45) is 6.68. The molecule has 3 N–H and O–H groups in total. The molecule has 0 aliphatic heterocycles. The highest BCUT2D eigenvalue weighted by atomic mass is 19.1. The van der Waals surface area contributed by atoms with Gasteiger partial charge < -0.3 is 11.1 Å². The minimum atomic E-state index is -0.243. The van der Waals surface area contributed by atoms with Crippen LogP contribution in [0.4, 0.5) is 15.8 Å². The van der Waals surface area contributed by atoms with Crippen molar-refractivity contribution in [1.29, 1.82) is 0 Å². The fourth-order valence-corrected chi connectivity index (χ4v) is 3.03. The standard InChI is InChI=1S/C16H25FN2/c1-16(2,12-6-4-3-5-7-12)11-19-15-10-13(17)8-9-14(15)18/h8-10,12,19H,3-7,11,18H2,1-2H3. The minimum absolute atomic E-state index is 0.221. The molecule has 0 bridgehead atoms. The van der Waals surface area contributed by atoms with Gasteiger partial charge in [0.25, 0.3) is 0 Å². The second-order valence-electron chi connectivity index (χ2n) is 6.41. The van der Waals surface area contributed by atoms with Gasteiger partial charge in [-0.25, -0.2) is 4.39 Å². The van der Waals surface area contributed by atoms with E-state index in [1.165, 1.54) is 44.2 Å². The van der Waals surface area contributed by atoms with Gasteiger partial charge in [0.05, 0.1) is 11.4 Å². The number of rotatable bonds is 4. The van der Waals surface area contributed by atoms with Gasteiger partial charge in [-0.15, -0.1) is 0 Å². The van der Waals surface area contributed by atoms with E-state index in [0.717, 1.165) is 12.5 Å². The first-order chi connectivity index (χ1) is 8.99. The lowest BCUT2D eigenvalue weighted by atomic mass is 9.71. The smallest absolute Gasteiger partial charge is 0.125 e. The quantitative estimate of drug-likeness (QED) is 0.790. The van der Waals surface area contributed by atoms with Gasteiger partial charge in [-0.05, 0) is 42.4 Å². The summed E-state index contributed by atoms with van der Waals surface area (Å²) in [4.78, 5) is 0. The van der Waals surface area contributed by atoms with Gasteiger partial charge in [0.15, 0.2) is 0 Å². The third kappa shape index (κ3) is 3.62. The van der Waals surface area contributed by atoms with E-state index in [-0.39, 0.29) is 11.2 Å². The third-order valence-electron chi connectivity index (χ3n) is 4.46. The molecule has 0 saturated heterocycles. The van der Waals surface area contributed by atoms with Crippen LogP contribution in [0.25, 0.3) is 0 Å². The number of nitrogens with one attached hydrogen (secondary N) is 1. The number of hydrogen-bond acceptors (Lipinski definition) is 2. The predicted octanol–water partition coefficient (Wildman–Crippen LogP) is 4.43. The molecule has 1 saturated carbocycles. The number of hydrogen-bond donors (Lipinski definition) is 2. The zero-order valence-electron chi connectivity index (χ0n) is 12.0. The van der Waals surface area contributed by atoms with Gasteiger partial charge in [-0.1, -0.05) is 33.1 Å². The highest BCUT2D eigenvalue weighted by Gasteiger charge is 2.30. The van der Waals surface area contributed by atoms with Crippen LogP contribution in [-0.2, 0) is 0 Å². The molecule has 1 aliphatic rings. The van der Waals surface area contributed by atoms with Crippen LogP contribution >= 0.6 is 0 Å². The van der Waals surface area contributed by atoms with Gasteiger partial charge in [0.1, 0.15) is 5.82 Å². The van der Waals surface area contributed by atoms with Crippen LogP contribution in [0, 0.1) is 17.2 Å². The predicted molar refractivity (Wildman–Crippen MR) is 79.7 cm³/mol. The van der Waals surface area contributed by atoms with Gasteiger partial charge >= 0.3 is 0 Å². The van der Waals surface area contributed by atoms with E-state index in [9.17, 15) is 4.39 Å². The molecule has 0 atom stereocenters. The van der Waals surface area contributed by atoms with Crippen LogP contribution < -0.4 is 11.1 Å². The second-order valence-corrected chi connectivity index (χ2v) is 6.41. The van der Waals surface area contributed by atoms with Crippen LogP contribution in [0.3, 0.4) is 0 Å². The molecule has 106 valence electrons. The van der Waals surface area contributed by atoms with E-state index in [2.05, 4.69) is 19.2 Å². The topological polar surface area (TPSA) is 38.0 Å². The summed E-state index contributed by atoms with van der Waals surface area (Å²) in [6.45, 7) is 5.43. The lowest BCUT2D eigenvalue weighted by molar-refractivity contribution is 0.172. The van der Waals surface area contributed by atoms with Gasteiger partial charge in [0.2, 0.25) is 0 Å². The van der Waals surface area contributed by atoms with E-state index >= 15 is 0 Å². The Morgan fingerprint density at radius 3 is 2.63 bits per heavy atom. The van der Waals surface area contributed by atoms with Crippen LogP contribution in [0.1, 0.15) is 46.0 Å². The number of benzene rings is 1. The minimum Gasteiger partial charge on any atom is -0.397 e. The van der Waals surface area contributed by atoms with Crippen LogP contribution in [0.15, 0.2) is 18.2 Å². The van der Waals surface area contributed by atoms with Crippen LogP contribution in [-0.4, -0.2) is 6.54 Å². The molecule has 19 heavy (non-hydrogen) atoms. The monoisotopic (exact) mass is 264 g/mol. The van der Waals surface area contributed by atoms with E-state index in [1.807, 2.05) is 0 Å². The highest BCUT2D eigenvalue weighted by Crippen LogP contribution is 2.38. The summed E-state index contributed by atoms with van der Waals surface area (Å²) in [5.41, 5.74) is 7.41. The molecule has 1 aromatic rings. The molecule has 3 heteroatoms. The van der Waals surface area contributed by atoms with E-state index in [4.69, 9.17) is 5.73 Å². The van der Waals surface area contributed by atoms with E-state index in [0.29, 0.717) is 11.4 Å². The first-order valence-electron chi connectivity index (χ1n) is 7.28. The van der Waals surface area contributed by atoms with Crippen molar-refractivity contribution in [3.8, 4) is 0 Å². The summed E-state index contributed by atoms with van der Waals surface area (Å²) in [5.74, 6) is 0.510. The summed E-state index contributed by atoms with van der Waals surface area (Å²) in [7, 11) is 0. The Morgan fingerprint density at radius 1 is 1.26 bits per heavy atom. The van der Waals surface area contributed by atoms with Crippen molar-refractivity contribution in [3.05, 3.63) is 24.0 Å². The Hall–Kier alpha value is -1.25. The SMILES string of the molecule is CC(C)(CNc1cc(F)ccc1N)C1CCCCC1. The zero-order valence-corrected chi connectivity index (χ0v) is 12.0. The van der Waals surface area contributed by atoms with Crippen molar-refractivity contribution in [3.63, 3.8) is 0 Å². The largest absolute Gasteiger partial charge is 0.397 e. The molecular formula is C16H25FN2. The first kappa shape index (κ1) is 14.2. The molecule has 1 aliphatic carbocycles. The maximum atomic E-state index is 13.2. The molecule has 2 nitrogen and oxygen atoms in total. The summed E-state index contributed by atoms with van der Waals surface area (Å²) < 4.78 is 13.2. The second kappa shape index (κ2) is 5.81. The summed E-state index contributed by atoms with van der Waals surface area (Å²) in [5, 5.41) is 3.33. The Balaban J connectivity index is 1.98. The molecule has 1 fully saturated rings. The molecular weight excluding hydrogens is 239 g/mol. The van der Waals surface area contributed by atoms with Gasteiger partial charge in [0, 0.05) is 6.54 Å². The van der Waals surface area contributed by atoms with Crippen LogP contribution in [0.5, 0.6) is 0 Å². The number of anilines is 2. The summed E-state index contributed by atoms with van der Waals surface area (Å²) >= 11 is 0. The fourth-order valence-electron chi connectivity index (χ4n) is 3.03.